The van der Waals surface area contributed by atoms with Crippen molar-refractivity contribution in [1.29, 1.82) is 0 Å². The minimum atomic E-state index is -4.38. The van der Waals surface area contributed by atoms with E-state index >= 15 is 0 Å². The molecular formula is C7H4ClF3NO. The molecule has 0 saturated carbocycles. The van der Waals surface area contributed by atoms with E-state index in [-0.39, 0.29) is 10.9 Å². The Kier molecular flexibility index (Phi) is 2.98. The van der Waals surface area contributed by atoms with Gasteiger partial charge in [0.25, 0.3) is 0 Å². The van der Waals surface area contributed by atoms with E-state index in [4.69, 9.17) is 11.6 Å². The summed E-state index contributed by atoms with van der Waals surface area (Å²) >= 11 is 5.47. The highest BCUT2D eigenvalue weighted by molar-refractivity contribution is 6.31. The molecule has 0 aliphatic heterocycles. The molecule has 0 aromatic carbocycles. The van der Waals surface area contributed by atoms with Crippen molar-refractivity contribution in [3.8, 4) is 5.88 Å². The van der Waals surface area contributed by atoms with E-state index in [0.717, 1.165) is 0 Å². The fourth-order valence-electron chi connectivity index (χ4n) is 0.586. The van der Waals surface area contributed by atoms with Crippen LogP contribution in [0.25, 0.3) is 0 Å². The normalized spacial score (nSPS) is 11.4. The van der Waals surface area contributed by atoms with Crippen LogP contribution in [0.1, 0.15) is 0 Å². The third-order valence-electron chi connectivity index (χ3n) is 1.04. The summed E-state index contributed by atoms with van der Waals surface area (Å²) in [5.74, 6) is -0.238. The first-order valence-electron chi connectivity index (χ1n) is 3.20. The van der Waals surface area contributed by atoms with Gasteiger partial charge in [0, 0.05) is 12.3 Å². The molecule has 0 spiro atoms. The first-order chi connectivity index (χ1) is 5.99. The molecule has 0 bridgehead atoms. The van der Waals surface area contributed by atoms with Crippen molar-refractivity contribution >= 4 is 11.6 Å². The van der Waals surface area contributed by atoms with Crippen LogP contribution in [-0.4, -0.2) is 17.8 Å². The Balaban J connectivity index is 2.60. The molecule has 0 aliphatic rings. The Morgan fingerprint density at radius 3 is 2.77 bits per heavy atom. The summed E-state index contributed by atoms with van der Waals surface area (Å²) in [5, 5.41) is 0.00625. The zero-order chi connectivity index (χ0) is 9.90. The largest absolute Gasteiger partial charge is 0.467 e. The van der Waals surface area contributed by atoms with Crippen LogP contribution < -0.4 is 4.74 Å². The molecule has 0 fully saturated rings. The van der Waals surface area contributed by atoms with Crippen LogP contribution in [0.4, 0.5) is 13.2 Å². The molecule has 1 rings (SSSR count). The zero-order valence-corrected chi connectivity index (χ0v) is 6.99. The van der Waals surface area contributed by atoms with E-state index < -0.39 is 12.8 Å². The van der Waals surface area contributed by atoms with Crippen LogP contribution in [-0.2, 0) is 0 Å². The van der Waals surface area contributed by atoms with Crippen LogP contribution in [0.15, 0.2) is 12.3 Å². The number of hydrogen-bond acceptors (Lipinski definition) is 2. The van der Waals surface area contributed by atoms with Crippen molar-refractivity contribution in [3.63, 3.8) is 0 Å². The van der Waals surface area contributed by atoms with Crippen LogP contribution in [0.5, 0.6) is 5.88 Å². The van der Waals surface area contributed by atoms with Crippen LogP contribution in [0.2, 0.25) is 5.02 Å². The van der Waals surface area contributed by atoms with Gasteiger partial charge in [0.1, 0.15) is 5.02 Å². The highest BCUT2D eigenvalue weighted by atomic mass is 35.5. The van der Waals surface area contributed by atoms with Gasteiger partial charge in [-0.3, -0.25) is 0 Å². The van der Waals surface area contributed by atoms with Gasteiger partial charge in [-0.25, -0.2) is 4.98 Å². The molecule has 1 aromatic rings. The molecule has 0 amide bonds. The van der Waals surface area contributed by atoms with E-state index in [2.05, 4.69) is 15.8 Å². The molecule has 0 unspecified atom stereocenters. The topological polar surface area (TPSA) is 22.1 Å². The lowest BCUT2D eigenvalue weighted by Gasteiger charge is -2.08. The Morgan fingerprint density at radius 1 is 1.54 bits per heavy atom. The molecule has 2 nitrogen and oxygen atoms in total. The van der Waals surface area contributed by atoms with Gasteiger partial charge in [-0.1, -0.05) is 11.6 Å². The predicted octanol–water partition coefficient (Wildman–Crippen LogP) is 2.48. The molecule has 1 aromatic heterocycles. The monoisotopic (exact) mass is 210 g/mol. The highest BCUT2D eigenvalue weighted by Gasteiger charge is 2.28. The van der Waals surface area contributed by atoms with Gasteiger partial charge in [0.15, 0.2) is 6.61 Å². The van der Waals surface area contributed by atoms with Crippen LogP contribution >= 0.6 is 11.6 Å². The van der Waals surface area contributed by atoms with E-state index in [0.29, 0.717) is 0 Å². The summed E-state index contributed by atoms with van der Waals surface area (Å²) in [6, 6.07) is 3.77. The average molecular weight is 211 g/mol. The van der Waals surface area contributed by atoms with E-state index in [1.165, 1.54) is 12.3 Å². The molecule has 71 valence electrons. The summed E-state index contributed by atoms with van der Waals surface area (Å²) in [4.78, 5) is 3.47. The smallest absolute Gasteiger partial charge is 0.422 e. The van der Waals surface area contributed by atoms with Gasteiger partial charge < -0.3 is 4.74 Å². The number of pyridine rings is 1. The highest BCUT2D eigenvalue weighted by Crippen LogP contribution is 2.22. The SMILES string of the molecule is FC(F)(F)COc1nc[c]cc1Cl. The lowest BCUT2D eigenvalue weighted by Crippen LogP contribution is -2.19. The summed E-state index contributed by atoms with van der Waals surface area (Å²) in [6.07, 6.45) is -3.21. The lowest BCUT2D eigenvalue weighted by molar-refractivity contribution is -0.154. The average Bonchev–Trinajstić information content (AvgIpc) is 2.01. The molecule has 0 N–H and O–H groups in total. The maximum absolute atomic E-state index is 11.7. The molecule has 13 heavy (non-hydrogen) atoms. The predicted molar refractivity (Wildman–Crippen MR) is 39.6 cm³/mol. The molecule has 0 atom stereocenters. The Labute approximate surface area is 77.3 Å². The van der Waals surface area contributed by atoms with E-state index in [1.54, 1.807) is 0 Å². The quantitative estimate of drug-likeness (QED) is 0.748. The van der Waals surface area contributed by atoms with Crippen molar-refractivity contribution in [2.45, 2.75) is 6.18 Å². The Hall–Kier alpha value is -0.970. The van der Waals surface area contributed by atoms with Crippen LogP contribution in [0, 0.1) is 6.07 Å². The maximum atomic E-state index is 11.7. The summed E-state index contributed by atoms with van der Waals surface area (Å²) in [7, 11) is 0. The fourth-order valence-corrected chi connectivity index (χ4v) is 0.752. The van der Waals surface area contributed by atoms with Crippen molar-refractivity contribution < 1.29 is 17.9 Å². The third kappa shape index (κ3) is 3.50. The van der Waals surface area contributed by atoms with Gasteiger partial charge in [-0.05, 0) is 6.07 Å². The number of nitrogens with zero attached hydrogens (tertiary/aromatic N) is 1. The van der Waals surface area contributed by atoms with Gasteiger partial charge in [0.05, 0.1) is 0 Å². The second kappa shape index (κ2) is 3.83. The van der Waals surface area contributed by atoms with Crippen molar-refractivity contribution in [2.75, 3.05) is 6.61 Å². The number of hydrogen-bond donors (Lipinski definition) is 0. The van der Waals surface area contributed by atoms with Gasteiger partial charge in [-0.2, -0.15) is 13.2 Å². The minimum Gasteiger partial charge on any atom is -0.467 e. The second-order valence-electron chi connectivity index (χ2n) is 2.13. The van der Waals surface area contributed by atoms with Crippen molar-refractivity contribution in [3.05, 3.63) is 23.4 Å². The summed E-state index contributed by atoms with van der Waals surface area (Å²) < 4.78 is 39.3. The Bertz CT molecular complexity index is 289. The number of halogens is 4. The first kappa shape index (κ1) is 10.1. The van der Waals surface area contributed by atoms with Crippen LogP contribution in [0.3, 0.4) is 0 Å². The molecule has 6 heteroatoms. The number of ether oxygens (including phenoxy) is 1. The fraction of sp³-hybridized carbons (Fsp3) is 0.286. The lowest BCUT2D eigenvalue weighted by atomic mass is 10.5. The zero-order valence-electron chi connectivity index (χ0n) is 6.23. The number of rotatable bonds is 2. The standard InChI is InChI=1S/C7H4ClF3NO/c8-5-2-1-3-12-6(5)13-4-7(9,10)11/h2-3H,4H2. The van der Waals surface area contributed by atoms with E-state index in [9.17, 15) is 13.2 Å². The van der Waals surface area contributed by atoms with Gasteiger partial charge >= 0.3 is 6.18 Å². The third-order valence-corrected chi connectivity index (χ3v) is 1.31. The summed E-state index contributed by atoms with van der Waals surface area (Å²) in [5.41, 5.74) is 0. The second-order valence-corrected chi connectivity index (χ2v) is 2.53. The number of alkyl halides is 3. The molecule has 1 radical (unpaired) electrons. The molecular weight excluding hydrogens is 207 g/mol. The molecule has 0 aliphatic carbocycles. The van der Waals surface area contributed by atoms with Gasteiger partial charge in [0.2, 0.25) is 5.88 Å². The van der Waals surface area contributed by atoms with Gasteiger partial charge in [-0.15, -0.1) is 0 Å². The first-order valence-corrected chi connectivity index (χ1v) is 3.58. The molecule has 0 saturated heterocycles. The maximum Gasteiger partial charge on any atom is 0.422 e. The Morgan fingerprint density at radius 2 is 2.23 bits per heavy atom. The van der Waals surface area contributed by atoms with Crippen molar-refractivity contribution in [2.24, 2.45) is 0 Å². The van der Waals surface area contributed by atoms with Crippen molar-refractivity contribution in [1.82, 2.24) is 4.98 Å². The minimum absolute atomic E-state index is 0.00625. The van der Waals surface area contributed by atoms with E-state index in [1.807, 2.05) is 0 Å². The number of aromatic nitrogens is 1. The summed E-state index contributed by atoms with van der Waals surface area (Å²) in [6.45, 7) is -1.40. The molecule has 1 heterocycles.